The van der Waals surface area contributed by atoms with Crippen molar-refractivity contribution in [3.05, 3.63) is 65.7 Å². The molecule has 1 amide bonds. The standard InChI is InChI=1S/C19H17NO3/c21-18(22)11-6-12-20-17-10-5-4-9-15(17)16(19(20)23)13-14-7-2-1-3-8-14/h1-5,7-10,13H,6,11-12H2,(H,21,22)/b16-13+. The molecule has 1 aliphatic heterocycles. The summed E-state index contributed by atoms with van der Waals surface area (Å²) in [6.45, 7) is 0.411. The van der Waals surface area contributed by atoms with E-state index in [2.05, 4.69) is 0 Å². The van der Waals surface area contributed by atoms with E-state index in [9.17, 15) is 9.59 Å². The third-order valence-corrected chi connectivity index (χ3v) is 3.84. The van der Waals surface area contributed by atoms with Crippen molar-refractivity contribution in [1.82, 2.24) is 0 Å². The van der Waals surface area contributed by atoms with E-state index >= 15 is 0 Å². The molecule has 0 unspecified atom stereocenters. The van der Waals surface area contributed by atoms with Crippen molar-refractivity contribution >= 4 is 29.2 Å². The number of carboxylic acid groups (broad SMARTS) is 1. The lowest BCUT2D eigenvalue weighted by molar-refractivity contribution is -0.137. The van der Waals surface area contributed by atoms with Gasteiger partial charge in [0.05, 0.1) is 5.69 Å². The van der Waals surface area contributed by atoms with Gasteiger partial charge in [-0.3, -0.25) is 9.59 Å². The van der Waals surface area contributed by atoms with Crippen LogP contribution in [0.25, 0.3) is 11.6 Å². The number of amides is 1. The predicted molar refractivity (Wildman–Crippen MR) is 90.0 cm³/mol. The van der Waals surface area contributed by atoms with Gasteiger partial charge in [-0.25, -0.2) is 0 Å². The van der Waals surface area contributed by atoms with Crippen LogP contribution in [0, 0.1) is 0 Å². The summed E-state index contributed by atoms with van der Waals surface area (Å²) < 4.78 is 0. The van der Waals surface area contributed by atoms with Gasteiger partial charge in [0.25, 0.3) is 5.91 Å². The molecule has 0 saturated heterocycles. The van der Waals surface area contributed by atoms with Gasteiger partial charge in [-0.15, -0.1) is 0 Å². The van der Waals surface area contributed by atoms with Crippen LogP contribution >= 0.6 is 0 Å². The highest BCUT2D eigenvalue weighted by molar-refractivity contribution is 6.35. The maximum atomic E-state index is 12.8. The first-order chi connectivity index (χ1) is 11.2. The van der Waals surface area contributed by atoms with E-state index in [1.807, 2.05) is 60.7 Å². The Morgan fingerprint density at radius 2 is 1.74 bits per heavy atom. The molecule has 4 heteroatoms. The van der Waals surface area contributed by atoms with Gasteiger partial charge in [0.2, 0.25) is 0 Å². The molecular formula is C19H17NO3. The molecule has 116 valence electrons. The van der Waals surface area contributed by atoms with Crippen LogP contribution in [0.3, 0.4) is 0 Å². The lowest BCUT2D eigenvalue weighted by Crippen LogP contribution is -2.27. The SMILES string of the molecule is O=C(O)CCCN1C(=O)/C(=C/c2ccccc2)c2ccccc21. The van der Waals surface area contributed by atoms with E-state index in [1.165, 1.54) is 0 Å². The minimum atomic E-state index is -0.843. The Morgan fingerprint density at radius 3 is 2.48 bits per heavy atom. The fourth-order valence-electron chi connectivity index (χ4n) is 2.77. The van der Waals surface area contributed by atoms with Crippen molar-refractivity contribution in [1.29, 1.82) is 0 Å². The van der Waals surface area contributed by atoms with E-state index in [0.29, 0.717) is 18.5 Å². The second kappa shape index (κ2) is 6.48. The highest BCUT2D eigenvalue weighted by Gasteiger charge is 2.31. The Morgan fingerprint density at radius 1 is 1.04 bits per heavy atom. The van der Waals surface area contributed by atoms with Gasteiger partial charge in [0.1, 0.15) is 0 Å². The number of rotatable bonds is 5. The van der Waals surface area contributed by atoms with Crippen LogP contribution in [0.4, 0.5) is 5.69 Å². The first-order valence-electron chi connectivity index (χ1n) is 7.56. The highest BCUT2D eigenvalue weighted by Crippen LogP contribution is 2.37. The number of nitrogens with zero attached hydrogens (tertiary/aromatic N) is 1. The number of hydrogen-bond acceptors (Lipinski definition) is 2. The average Bonchev–Trinajstić information content (AvgIpc) is 2.81. The molecular weight excluding hydrogens is 290 g/mol. The number of fused-ring (bicyclic) bond motifs is 1. The van der Waals surface area contributed by atoms with Crippen LogP contribution in [0.15, 0.2) is 54.6 Å². The van der Waals surface area contributed by atoms with E-state index in [1.54, 1.807) is 4.90 Å². The van der Waals surface area contributed by atoms with Crippen molar-refractivity contribution in [3.8, 4) is 0 Å². The number of benzene rings is 2. The quantitative estimate of drug-likeness (QED) is 0.861. The molecule has 0 radical (unpaired) electrons. The smallest absolute Gasteiger partial charge is 0.303 e. The van der Waals surface area contributed by atoms with Gasteiger partial charge in [0, 0.05) is 24.1 Å². The Balaban J connectivity index is 1.92. The summed E-state index contributed by atoms with van der Waals surface area (Å²) in [7, 11) is 0. The molecule has 2 aromatic rings. The molecule has 1 aliphatic rings. The summed E-state index contributed by atoms with van der Waals surface area (Å²) >= 11 is 0. The summed E-state index contributed by atoms with van der Waals surface area (Å²) in [6.07, 6.45) is 2.38. The Hall–Kier alpha value is -2.88. The number of aliphatic carboxylic acids is 1. The first kappa shape index (κ1) is 15.0. The second-order valence-corrected chi connectivity index (χ2v) is 5.44. The van der Waals surface area contributed by atoms with Crippen LogP contribution in [0.1, 0.15) is 24.0 Å². The molecule has 23 heavy (non-hydrogen) atoms. The number of carboxylic acids is 1. The number of anilines is 1. The van der Waals surface area contributed by atoms with Crippen molar-refractivity contribution < 1.29 is 14.7 Å². The van der Waals surface area contributed by atoms with Crippen LogP contribution in [-0.4, -0.2) is 23.5 Å². The molecule has 0 saturated carbocycles. The monoisotopic (exact) mass is 307 g/mol. The normalized spacial score (nSPS) is 15.0. The van der Waals surface area contributed by atoms with E-state index in [0.717, 1.165) is 16.8 Å². The number of para-hydroxylation sites is 1. The fourth-order valence-corrected chi connectivity index (χ4v) is 2.77. The van der Waals surface area contributed by atoms with Crippen LogP contribution < -0.4 is 4.90 Å². The largest absolute Gasteiger partial charge is 0.481 e. The Labute approximate surface area is 134 Å². The van der Waals surface area contributed by atoms with E-state index in [4.69, 9.17) is 5.11 Å². The third kappa shape index (κ3) is 3.16. The molecule has 0 fully saturated rings. The van der Waals surface area contributed by atoms with Crippen molar-refractivity contribution in [2.75, 3.05) is 11.4 Å². The van der Waals surface area contributed by atoms with Crippen molar-refractivity contribution in [2.45, 2.75) is 12.8 Å². The minimum Gasteiger partial charge on any atom is -0.481 e. The first-order valence-corrected chi connectivity index (χ1v) is 7.56. The lowest BCUT2D eigenvalue weighted by Gasteiger charge is -2.16. The highest BCUT2D eigenvalue weighted by atomic mass is 16.4. The summed E-state index contributed by atoms with van der Waals surface area (Å²) in [5.41, 5.74) is 3.38. The Bertz CT molecular complexity index is 765. The lowest BCUT2D eigenvalue weighted by atomic mass is 10.0. The molecule has 3 rings (SSSR count). The van der Waals surface area contributed by atoms with Crippen molar-refractivity contribution in [2.24, 2.45) is 0 Å². The zero-order valence-electron chi connectivity index (χ0n) is 12.6. The van der Waals surface area contributed by atoms with Gasteiger partial charge in [-0.05, 0) is 24.1 Å². The van der Waals surface area contributed by atoms with Gasteiger partial charge in [-0.1, -0.05) is 48.5 Å². The van der Waals surface area contributed by atoms with Gasteiger partial charge < -0.3 is 10.0 Å². The predicted octanol–water partition coefficient (Wildman–Crippen LogP) is 3.44. The summed E-state index contributed by atoms with van der Waals surface area (Å²) in [5.74, 6) is -0.912. The average molecular weight is 307 g/mol. The maximum Gasteiger partial charge on any atom is 0.303 e. The fraction of sp³-hybridized carbons (Fsp3) is 0.158. The third-order valence-electron chi connectivity index (χ3n) is 3.84. The zero-order valence-corrected chi connectivity index (χ0v) is 12.6. The molecule has 0 aromatic heterocycles. The molecule has 4 nitrogen and oxygen atoms in total. The molecule has 2 aromatic carbocycles. The topological polar surface area (TPSA) is 57.6 Å². The molecule has 0 bridgehead atoms. The number of carbonyl (C=O) groups excluding carboxylic acids is 1. The molecule has 1 N–H and O–H groups in total. The summed E-state index contributed by atoms with van der Waals surface area (Å²) in [5, 5.41) is 8.78. The molecule has 0 aliphatic carbocycles. The molecule has 1 heterocycles. The number of hydrogen-bond donors (Lipinski definition) is 1. The van der Waals surface area contributed by atoms with Crippen LogP contribution in [0.5, 0.6) is 0 Å². The minimum absolute atomic E-state index is 0.0592. The van der Waals surface area contributed by atoms with Crippen LogP contribution in [-0.2, 0) is 9.59 Å². The van der Waals surface area contributed by atoms with E-state index in [-0.39, 0.29) is 12.3 Å². The van der Waals surface area contributed by atoms with Gasteiger partial charge in [-0.2, -0.15) is 0 Å². The zero-order chi connectivity index (χ0) is 16.2. The van der Waals surface area contributed by atoms with Crippen LogP contribution in [0.2, 0.25) is 0 Å². The molecule has 0 spiro atoms. The Kier molecular flexibility index (Phi) is 4.24. The van der Waals surface area contributed by atoms with E-state index < -0.39 is 5.97 Å². The number of carbonyl (C=O) groups is 2. The second-order valence-electron chi connectivity index (χ2n) is 5.44. The summed E-state index contributed by atoms with van der Waals surface area (Å²) in [6, 6.07) is 17.3. The summed E-state index contributed by atoms with van der Waals surface area (Å²) in [4.78, 5) is 25.1. The van der Waals surface area contributed by atoms with Gasteiger partial charge in [0.15, 0.2) is 0 Å². The van der Waals surface area contributed by atoms with Crippen molar-refractivity contribution in [3.63, 3.8) is 0 Å². The van der Waals surface area contributed by atoms with Gasteiger partial charge >= 0.3 is 5.97 Å². The maximum absolute atomic E-state index is 12.8. The molecule has 0 atom stereocenters.